The lowest BCUT2D eigenvalue weighted by atomic mass is 9.99. The lowest BCUT2D eigenvalue weighted by molar-refractivity contribution is 0.103. The Bertz CT molecular complexity index is 1180. The van der Waals surface area contributed by atoms with Crippen LogP contribution in [0.25, 0.3) is 5.69 Å². The third kappa shape index (κ3) is 3.70. The van der Waals surface area contributed by atoms with Gasteiger partial charge in [0.05, 0.1) is 11.3 Å². The zero-order valence-electron chi connectivity index (χ0n) is 16.7. The summed E-state index contributed by atoms with van der Waals surface area (Å²) in [6.07, 6.45) is 2.88. The SMILES string of the molecule is CCc1cccc(CC)c1-n1cc(C(=O)c2cc(C)ccc2O)cc(C#N)c1=O. The van der Waals surface area contributed by atoms with Gasteiger partial charge in [-0.3, -0.25) is 14.2 Å². The number of carbonyl (C=O) groups excluding carboxylic acids is 1. The molecule has 0 spiro atoms. The zero-order valence-corrected chi connectivity index (χ0v) is 16.7. The Morgan fingerprint density at radius 3 is 2.34 bits per heavy atom. The van der Waals surface area contributed by atoms with E-state index in [1.165, 1.54) is 22.9 Å². The Balaban J connectivity index is 2.30. The number of nitriles is 1. The van der Waals surface area contributed by atoms with Gasteiger partial charge in [-0.05, 0) is 49.1 Å². The second kappa shape index (κ2) is 8.15. The molecule has 2 aromatic carbocycles. The predicted molar refractivity (Wildman–Crippen MR) is 112 cm³/mol. The minimum Gasteiger partial charge on any atom is -0.507 e. The average Bonchev–Trinajstić information content (AvgIpc) is 2.74. The molecule has 0 aliphatic carbocycles. The smallest absolute Gasteiger partial charge is 0.273 e. The molecular formula is C24H22N2O3. The molecule has 3 rings (SSSR count). The molecule has 0 bridgehead atoms. The summed E-state index contributed by atoms with van der Waals surface area (Å²) >= 11 is 0. The monoisotopic (exact) mass is 386 g/mol. The van der Waals surface area contributed by atoms with Crippen LogP contribution in [0.1, 0.15) is 52.0 Å². The molecule has 0 unspecified atom stereocenters. The number of benzene rings is 2. The van der Waals surface area contributed by atoms with Crippen molar-refractivity contribution in [3.63, 3.8) is 0 Å². The van der Waals surface area contributed by atoms with Crippen LogP contribution in [-0.4, -0.2) is 15.5 Å². The summed E-state index contributed by atoms with van der Waals surface area (Å²) in [5.41, 5.74) is 3.18. The summed E-state index contributed by atoms with van der Waals surface area (Å²) in [4.78, 5) is 26.1. The number of rotatable bonds is 5. The third-order valence-electron chi connectivity index (χ3n) is 5.00. The van der Waals surface area contributed by atoms with Crippen molar-refractivity contribution in [3.8, 4) is 17.5 Å². The van der Waals surface area contributed by atoms with E-state index >= 15 is 0 Å². The van der Waals surface area contributed by atoms with Crippen molar-refractivity contribution in [3.05, 3.63) is 92.4 Å². The van der Waals surface area contributed by atoms with Gasteiger partial charge in [0.2, 0.25) is 0 Å². The lowest BCUT2D eigenvalue weighted by Crippen LogP contribution is -2.24. The molecule has 0 aliphatic heterocycles. The third-order valence-corrected chi connectivity index (χ3v) is 5.00. The van der Waals surface area contributed by atoms with Crippen LogP contribution in [-0.2, 0) is 12.8 Å². The number of hydrogen-bond acceptors (Lipinski definition) is 4. The molecule has 1 heterocycles. The second-order valence-corrected chi connectivity index (χ2v) is 6.91. The van der Waals surface area contributed by atoms with Crippen molar-refractivity contribution in [2.24, 2.45) is 0 Å². The van der Waals surface area contributed by atoms with Crippen LogP contribution >= 0.6 is 0 Å². The number of nitrogens with zero attached hydrogens (tertiary/aromatic N) is 2. The van der Waals surface area contributed by atoms with Gasteiger partial charge in [0.15, 0.2) is 5.78 Å². The molecule has 0 radical (unpaired) electrons. The quantitative estimate of drug-likeness (QED) is 0.670. The molecule has 0 aliphatic rings. The number of phenolic OH excluding ortho intramolecular Hbond substituents is 1. The molecule has 146 valence electrons. The highest BCUT2D eigenvalue weighted by atomic mass is 16.3. The Labute approximate surface area is 169 Å². The van der Waals surface area contributed by atoms with Crippen molar-refractivity contribution in [1.82, 2.24) is 4.57 Å². The van der Waals surface area contributed by atoms with E-state index in [9.17, 15) is 20.0 Å². The molecule has 0 saturated heterocycles. The highest BCUT2D eigenvalue weighted by Gasteiger charge is 2.19. The molecule has 3 aromatic rings. The molecule has 5 nitrogen and oxygen atoms in total. The van der Waals surface area contributed by atoms with E-state index in [0.717, 1.165) is 16.7 Å². The lowest BCUT2D eigenvalue weighted by Gasteiger charge is -2.17. The number of phenols is 1. The minimum absolute atomic E-state index is 0.115. The Hall–Kier alpha value is -3.65. The van der Waals surface area contributed by atoms with Gasteiger partial charge in [-0.25, -0.2) is 0 Å². The van der Waals surface area contributed by atoms with E-state index in [1.807, 2.05) is 45.0 Å². The van der Waals surface area contributed by atoms with Crippen LogP contribution in [0.15, 0.2) is 53.5 Å². The van der Waals surface area contributed by atoms with Crippen molar-refractivity contribution < 1.29 is 9.90 Å². The normalized spacial score (nSPS) is 10.6. The summed E-state index contributed by atoms with van der Waals surface area (Å²) in [5.74, 6) is -0.580. The first kappa shape index (κ1) is 20.1. The van der Waals surface area contributed by atoms with E-state index in [-0.39, 0.29) is 22.4 Å². The predicted octanol–water partition coefficient (Wildman–Crippen LogP) is 4.08. The first-order valence-electron chi connectivity index (χ1n) is 9.53. The standard InChI is InChI=1S/C24H22N2O3/c1-4-16-7-6-8-17(5-2)22(16)26-14-19(12-18(13-25)24(26)29)23(28)20-11-15(3)9-10-21(20)27/h6-12,14,27H,4-5H2,1-3H3. The van der Waals surface area contributed by atoms with Crippen LogP contribution in [0.2, 0.25) is 0 Å². The van der Waals surface area contributed by atoms with Crippen LogP contribution in [0.5, 0.6) is 5.75 Å². The van der Waals surface area contributed by atoms with E-state index in [1.54, 1.807) is 12.1 Å². The zero-order chi connectivity index (χ0) is 21.1. The number of aryl methyl sites for hydroxylation is 3. The highest BCUT2D eigenvalue weighted by Crippen LogP contribution is 2.24. The van der Waals surface area contributed by atoms with Crippen molar-refractivity contribution in [2.45, 2.75) is 33.6 Å². The second-order valence-electron chi connectivity index (χ2n) is 6.91. The number of carbonyl (C=O) groups is 1. The molecule has 0 atom stereocenters. The molecule has 1 N–H and O–H groups in total. The molecule has 0 fully saturated rings. The van der Waals surface area contributed by atoms with Gasteiger partial charge in [0, 0.05) is 11.8 Å². The van der Waals surface area contributed by atoms with Crippen LogP contribution in [0, 0.1) is 18.3 Å². The maximum Gasteiger partial charge on any atom is 0.273 e. The Kier molecular flexibility index (Phi) is 5.65. The molecule has 29 heavy (non-hydrogen) atoms. The number of hydrogen-bond donors (Lipinski definition) is 1. The fourth-order valence-electron chi connectivity index (χ4n) is 3.46. The van der Waals surface area contributed by atoms with Gasteiger partial charge in [-0.2, -0.15) is 5.26 Å². The fraction of sp³-hybridized carbons (Fsp3) is 0.208. The minimum atomic E-state index is -0.465. The van der Waals surface area contributed by atoms with Crippen molar-refractivity contribution in [2.75, 3.05) is 0 Å². The maximum absolute atomic E-state index is 13.1. The number of ketones is 1. The summed E-state index contributed by atoms with van der Waals surface area (Å²) in [7, 11) is 0. The summed E-state index contributed by atoms with van der Waals surface area (Å²) in [5, 5.41) is 19.6. The first-order chi connectivity index (χ1) is 13.9. The van der Waals surface area contributed by atoms with Gasteiger partial charge in [0.25, 0.3) is 5.56 Å². The fourth-order valence-corrected chi connectivity index (χ4v) is 3.46. The Morgan fingerprint density at radius 1 is 1.10 bits per heavy atom. The summed E-state index contributed by atoms with van der Waals surface area (Å²) in [6, 6.07) is 13.8. The van der Waals surface area contributed by atoms with Gasteiger partial charge in [-0.15, -0.1) is 0 Å². The van der Waals surface area contributed by atoms with Crippen molar-refractivity contribution in [1.29, 1.82) is 5.26 Å². The van der Waals surface area contributed by atoms with E-state index < -0.39 is 11.3 Å². The topological polar surface area (TPSA) is 83.1 Å². The average molecular weight is 386 g/mol. The van der Waals surface area contributed by atoms with Gasteiger partial charge in [-0.1, -0.05) is 43.7 Å². The van der Waals surface area contributed by atoms with Gasteiger partial charge >= 0.3 is 0 Å². The first-order valence-corrected chi connectivity index (χ1v) is 9.53. The molecular weight excluding hydrogens is 364 g/mol. The number of aromatic nitrogens is 1. The molecule has 1 aromatic heterocycles. The molecule has 0 amide bonds. The van der Waals surface area contributed by atoms with Crippen LogP contribution in [0.3, 0.4) is 0 Å². The maximum atomic E-state index is 13.1. The van der Waals surface area contributed by atoms with Crippen LogP contribution < -0.4 is 5.56 Å². The number of aromatic hydroxyl groups is 1. The largest absolute Gasteiger partial charge is 0.507 e. The van der Waals surface area contributed by atoms with E-state index in [0.29, 0.717) is 18.5 Å². The van der Waals surface area contributed by atoms with E-state index in [4.69, 9.17) is 0 Å². The van der Waals surface area contributed by atoms with Gasteiger partial charge in [0.1, 0.15) is 17.4 Å². The highest BCUT2D eigenvalue weighted by molar-refractivity contribution is 6.10. The van der Waals surface area contributed by atoms with Gasteiger partial charge < -0.3 is 5.11 Å². The van der Waals surface area contributed by atoms with Crippen molar-refractivity contribution >= 4 is 5.78 Å². The summed E-state index contributed by atoms with van der Waals surface area (Å²) in [6.45, 7) is 5.81. The van der Waals surface area contributed by atoms with Crippen LogP contribution in [0.4, 0.5) is 0 Å². The van der Waals surface area contributed by atoms with E-state index in [2.05, 4.69) is 0 Å². The Morgan fingerprint density at radius 2 is 1.76 bits per heavy atom. The molecule has 5 heteroatoms. The summed E-state index contributed by atoms with van der Waals surface area (Å²) < 4.78 is 1.40. The number of para-hydroxylation sites is 1. The number of pyridine rings is 1. The molecule has 0 saturated carbocycles.